The van der Waals surface area contributed by atoms with Crippen LogP contribution in [0.5, 0.6) is 0 Å². The van der Waals surface area contributed by atoms with Crippen LogP contribution in [0.4, 0.5) is 0 Å². The topological polar surface area (TPSA) is 49.8 Å². The number of likely N-dealkylation sites (N-methyl/N-ethyl adjacent to an activating group) is 1. The maximum Gasteiger partial charge on any atom is 0.194 e. The molecule has 1 aliphatic carbocycles. The lowest BCUT2D eigenvalue weighted by Crippen LogP contribution is -2.40. The summed E-state index contributed by atoms with van der Waals surface area (Å²) in [7, 11) is 2.05. The molecule has 0 bridgehead atoms. The zero-order valence-electron chi connectivity index (χ0n) is 15.6. The van der Waals surface area contributed by atoms with Gasteiger partial charge in [-0.3, -0.25) is 4.98 Å². The second-order valence-corrected chi connectivity index (χ2v) is 6.59. The molecule has 1 fully saturated rings. The summed E-state index contributed by atoms with van der Waals surface area (Å²) in [6.07, 6.45) is 4.52. The van der Waals surface area contributed by atoms with E-state index in [2.05, 4.69) is 47.4 Å². The number of aliphatic imine (C=N–C) groups is 1. The molecule has 0 spiro atoms. The zero-order chi connectivity index (χ0) is 17.5. The van der Waals surface area contributed by atoms with E-state index in [0.29, 0.717) is 6.54 Å². The fourth-order valence-electron chi connectivity index (χ4n) is 2.77. The number of hydrogen-bond donors (Lipinski definition) is 1. The van der Waals surface area contributed by atoms with Crippen molar-refractivity contribution >= 4 is 40.7 Å². The molecule has 1 N–H and O–H groups in total. The molecule has 6 heteroatoms. The lowest BCUT2D eigenvalue weighted by atomic mass is 10.1. The molecule has 2 aromatic rings. The van der Waals surface area contributed by atoms with Crippen molar-refractivity contribution in [3.8, 4) is 0 Å². The number of halogens is 1. The molecule has 1 heterocycles. The van der Waals surface area contributed by atoms with E-state index in [1.807, 2.05) is 18.3 Å². The normalized spacial score (nSPS) is 14.2. The standard InChI is InChI=1S/C20H28N4O.HI/c1-3-21-20(24(2)12-13-25-15-16-8-9-16)23-14-19-18-7-5-4-6-17(18)10-11-22-19;/h4-7,10-11,16H,3,8-9,12-15H2,1-2H3,(H,21,23);1H. The predicted molar refractivity (Wildman–Crippen MR) is 118 cm³/mol. The Hall–Kier alpha value is -1.41. The second kappa shape index (κ2) is 10.7. The van der Waals surface area contributed by atoms with Gasteiger partial charge in [-0.05, 0) is 37.1 Å². The van der Waals surface area contributed by atoms with E-state index in [0.717, 1.165) is 43.9 Å². The SMILES string of the molecule is CCNC(=NCc1nccc2ccccc12)N(C)CCOCC1CC1.I. The summed E-state index contributed by atoms with van der Waals surface area (Å²) in [4.78, 5) is 11.4. The van der Waals surface area contributed by atoms with Crippen LogP contribution in [0.2, 0.25) is 0 Å². The van der Waals surface area contributed by atoms with Gasteiger partial charge in [-0.2, -0.15) is 0 Å². The molecule has 1 saturated carbocycles. The van der Waals surface area contributed by atoms with Gasteiger partial charge in [0.1, 0.15) is 0 Å². The van der Waals surface area contributed by atoms with Crippen LogP contribution in [0, 0.1) is 5.92 Å². The first-order valence-corrected chi connectivity index (χ1v) is 9.17. The van der Waals surface area contributed by atoms with Gasteiger partial charge in [-0.15, -0.1) is 24.0 Å². The molecule has 26 heavy (non-hydrogen) atoms. The molecule has 0 aliphatic heterocycles. The minimum Gasteiger partial charge on any atom is -0.379 e. The molecule has 1 aromatic carbocycles. The summed E-state index contributed by atoms with van der Waals surface area (Å²) >= 11 is 0. The molecule has 0 amide bonds. The van der Waals surface area contributed by atoms with Crippen molar-refractivity contribution in [2.45, 2.75) is 26.3 Å². The Bertz CT molecular complexity index is 713. The monoisotopic (exact) mass is 468 g/mol. The van der Waals surface area contributed by atoms with Crippen LogP contribution in [-0.4, -0.2) is 49.2 Å². The summed E-state index contributed by atoms with van der Waals surface area (Å²) in [5.41, 5.74) is 1.01. The highest BCUT2D eigenvalue weighted by molar-refractivity contribution is 14.0. The van der Waals surface area contributed by atoms with Gasteiger partial charge in [0.15, 0.2) is 5.96 Å². The lowest BCUT2D eigenvalue weighted by Gasteiger charge is -2.22. The van der Waals surface area contributed by atoms with E-state index in [9.17, 15) is 0 Å². The third-order valence-corrected chi connectivity index (χ3v) is 4.45. The molecular formula is C20H29IN4O. The Morgan fingerprint density at radius 1 is 1.31 bits per heavy atom. The van der Waals surface area contributed by atoms with E-state index >= 15 is 0 Å². The number of pyridine rings is 1. The van der Waals surface area contributed by atoms with Crippen molar-refractivity contribution in [1.29, 1.82) is 0 Å². The van der Waals surface area contributed by atoms with Gasteiger partial charge < -0.3 is 15.0 Å². The highest BCUT2D eigenvalue weighted by Crippen LogP contribution is 2.28. The molecule has 5 nitrogen and oxygen atoms in total. The van der Waals surface area contributed by atoms with Gasteiger partial charge in [0.2, 0.25) is 0 Å². The van der Waals surface area contributed by atoms with E-state index in [4.69, 9.17) is 9.73 Å². The Labute approximate surface area is 173 Å². The molecular weight excluding hydrogens is 439 g/mol. The van der Waals surface area contributed by atoms with Gasteiger partial charge in [0, 0.05) is 38.3 Å². The molecule has 0 saturated heterocycles. The number of aromatic nitrogens is 1. The number of nitrogens with zero attached hydrogens (tertiary/aromatic N) is 3. The van der Waals surface area contributed by atoms with E-state index in [-0.39, 0.29) is 24.0 Å². The number of nitrogens with one attached hydrogen (secondary N) is 1. The van der Waals surface area contributed by atoms with Gasteiger partial charge in [-0.1, -0.05) is 24.3 Å². The summed E-state index contributed by atoms with van der Waals surface area (Å²) in [6, 6.07) is 10.4. The van der Waals surface area contributed by atoms with Crippen molar-refractivity contribution in [3.05, 3.63) is 42.2 Å². The summed E-state index contributed by atoms with van der Waals surface area (Å²) < 4.78 is 5.74. The number of benzene rings is 1. The summed E-state index contributed by atoms with van der Waals surface area (Å²) in [6.45, 7) is 5.97. The molecule has 0 unspecified atom stereocenters. The fraction of sp³-hybridized carbons (Fsp3) is 0.500. The maximum absolute atomic E-state index is 5.74. The Morgan fingerprint density at radius 2 is 2.12 bits per heavy atom. The quantitative estimate of drug-likeness (QED) is 0.278. The molecule has 0 atom stereocenters. The Balaban J connectivity index is 0.00000243. The van der Waals surface area contributed by atoms with Crippen LogP contribution in [0.1, 0.15) is 25.5 Å². The molecule has 1 aliphatic rings. The largest absolute Gasteiger partial charge is 0.379 e. The molecule has 3 rings (SSSR count). The van der Waals surface area contributed by atoms with E-state index in [1.54, 1.807) is 0 Å². The van der Waals surface area contributed by atoms with Crippen LogP contribution >= 0.6 is 24.0 Å². The third-order valence-electron chi connectivity index (χ3n) is 4.45. The third kappa shape index (κ3) is 6.09. The number of hydrogen-bond acceptors (Lipinski definition) is 3. The van der Waals surface area contributed by atoms with Gasteiger partial charge >= 0.3 is 0 Å². The highest BCUT2D eigenvalue weighted by atomic mass is 127. The summed E-state index contributed by atoms with van der Waals surface area (Å²) in [5, 5.41) is 5.73. The van der Waals surface area contributed by atoms with Crippen molar-refractivity contribution in [2.75, 3.05) is 33.4 Å². The van der Waals surface area contributed by atoms with E-state index < -0.39 is 0 Å². The van der Waals surface area contributed by atoms with Crippen molar-refractivity contribution < 1.29 is 4.74 Å². The van der Waals surface area contributed by atoms with E-state index in [1.165, 1.54) is 23.6 Å². The van der Waals surface area contributed by atoms with Crippen molar-refractivity contribution in [2.24, 2.45) is 10.9 Å². The smallest absolute Gasteiger partial charge is 0.194 e. The van der Waals surface area contributed by atoms with Gasteiger partial charge in [0.25, 0.3) is 0 Å². The van der Waals surface area contributed by atoms with Crippen molar-refractivity contribution in [1.82, 2.24) is 15.2 Å². The first-order valence-electron chi connectivity index (χ1n) is 9.17. The van der Waals surface area contributed by atoms with Crippen molar-refractivity contribution in [3.63, 3.8) is 0 Å². The van der Waals surface area contributed by atoms with Crippen LogP contribution in [-0.2, 0) is 11.3 Å². The molecule has 142 valence electrons. The predicted octanol–water partition coefficient (Wildman–Crippen LogP) is 3.68. The Morgan fingerprint density at radius 3 is 2.88 bits per heavy atom. The fourth-order valence-corrected chi connectivity index (χ4v) is 2.77. The first kappa shape index (κ1) is 20.9. The Kier molecular flexibility index (Phi) is 8.58. The average molecular weight is 468 g/mol. The van der Waals surface area contributed by atoms with Crippen LogP contribution in [0.3, 0.4) is 0 Å². The number of rotatable bonds is 8. The number of fused-ring (bicyclic) bond motifs is 1. The minimum absolute atomic E-state index is 0. The average Bonchev–Trinajstić information content (AvgIpc) is 3.46. The summed E-state index contributed by atoms with van der Waals surface area (Å²) in [5.74, 6) is 1.71. The van der Waals surface area contributed by atoms with Crippen LogP contribution in [0.15, 0.2) is 41.5 Å². The second-order valence-electron chi connectivity index (χ2n) is 6.59. The van der Waals surface area contributed by atoms with Crippen LogP contribution < -0.4 is 5.32 Å². The van der Waals surface area contributed by atoms with Gasteiger partial charge in [-0.25, -0.2) is 4.99 Å². The zero-order valence-corrected chi connectivity index (χ0v) is 18.0. The molecule has 0 radical (unpaired) electrons. The first-order chi connectivity index (χ1) is 12.3. The number of guanidine groups is 1. The van der Waals surface area contributed by atoms with Crippen LogP contribution in [0.25, 0.3) is 10.8 Å². The number of ether oxygens (including phenoxy) is 1. The minimum atomic E-state index is 0. The maximum atomic E-state index is 5.74. The van der Waals surface area contributed by atoms with Gasteiger partial charge in [0.05, 0.1) is 18.8 Å². The lowest BCUT2D eigenvalue weighted by molar-refractivity contribution is 0.115. The highest BCUT2D eigenvalue weighted by Gasteiger charge is 2.21. The molecule has 1 aromatic heterocycles.